The maximum atomic E-state index is 13.0. The van der Waals surface area contributed by atoms with E-state index >= 15 is 0 Å². The van der Waals surface area contributed by atoms with Crippen molar-refractivity contribution >= 4 is 47.5 Å². The van der Waals surface area contributed by atoms with Gasteiger partial charge in [0.1, 0.15) is 12.4 Å². The second-order valence-electron chi connectivity index (χ2n) is 11.6. The van der Waals surface area contributed by atoms with E-state index in [1.807, 2.05) is 39.2 Å². The molecule has 0 aromatic carbocycles. The van der Waals surface area contributed by atoms with E-state index in [-0.39, 0.29) is 11.6 Å². The summed E-state index contributed by atoms with van der Waals surface area (Å²) in [4.78, 5) is 15.8. The van der Waals surface area contributed by atoms with E-state index in [2.05, 4.69) is 24.6 Å². The van der Waals surface area contributed by atoms with Gasteiger partial charge in [-0.1, -0.05) is 26.6 Å². The van der Waals surface area contributed by atoms with Crippen LogP contribution < -0.4 is 5.46 Å². The summed E-state index contributed by atoms with van der Waals surface area (Å²) in [5.41, 5.74) is 0.934. The molecular formula is C24H39BN2O7SSi. The number of ether oxygens (including phenoxy) is 1. The van der Waals surface area contributed by atoms with Crippen molar-refractivity contribution in [2.24, 2.45) is 0 Å². The Morgan fingerprint density at radius 3 is 2.31 bits per heavy atom. The Labute approximate surface area is 215 Å². The van der Waals surface area contributed by atoms with Gasteiger partial charge in [-0.2, -0.15) is 0 Å². The topological polar surface area (TPSA) is 117 Å². The molecule has 2 aromatic rings. The Morgan fingerprint density at radius 2 is 1.81 bits per heavy atom. The summed E-state index contributed by atoms with van der Waals surface area (Å²) in [5, 5.41) is 8.29. The highest BCUT2D eigenvalue weighted by Crippen LogP contribution is 2.38. The monoisotopic (exact) mass is 538 g/mol. The first-order valence-electron chi connectivity index (χ1n) is 12.3. The second-order valence-corrected chi connectivity index (χ2v) is 19.5. The lowest BCUT2D eigenvalue weighted by Crippen LogP contribution is -2.41. The van der Waals surface area contributed by atoms with E-state index in [0.29, 0.717) is 29.5 Å². The Balaban J connectivity index is 2.17. The third-order valence-corrected chi connectivity index (χ3v) is 10.9. The zero-order valence-electron chi connectivity index (χ0n) is 22.8. The molecule has 200 valence electrons. The molecule has 0 bridgehead atoms. The van der Waals surface area contributed by atoms with Crippen LogP contribution in [0.3, 0.4) is 0 Å². The smallest absolute Gasteiger partial charge is 0.480 e. The fourth-order valence-corrected chi connectivity index (χ4v) is 5.96. The lowest BCUT2D eigenvalue weighted by molar-refractivity contribution is -0.136. The number of fused-ring (bicyclic) bond motifs is 1. The largest absolute Gasteiger partial charge is 0.497 e. The second kappa shape index (κ2) is 9.86. The van der Waals surface area contributed by atoms with Crippen LogP contribution in [0.25, 0.3) is 11.0 Å². The van der Waals surface area contributed by atoms with Gasteiger partial charge in [0, 0.05) is 37.4 Å². The molecule has 1 fully saturated rings. The summed E-state index contributed by atoms with van der Waals surface area (Å²) in [6.45, 7) is 18.7. The Hall–Kier alpha value is -1.73. The Kier molecular flexibility index (Phi) is 7.90. The van der Waals surface area contributed by atoms with E-state index in [0.717, 1.165) is 18.7 Å². The van der Waals surface area contributed by atoms with Gasteiger partial charge in [0.05, 0.1) is 16.1 Å². The van der Waals surface area contributed by atoms with Crippen molar-refractivity contribution in [2.45, 2.75) is 102 Å². The van der Waals surface area contributed by atoms with Crippen LogP contribution in [0.5, 0.6) is 0 Å². The van der Waals surface area contributed by atoms with E-state index < -0.39 is 47.5 Å². The highest BCUT2D eigenvalue weighted by atomic mass is 32.2. The lowest BCUT2D eigenvalue weighted by atomic mass is 9.76. The average molecular weight is 539 g/mol. The molecular weight excluding hydrogens is 499 g/mol. The molecule has 0 spiro atoms. The van der Waals surface area contributed by atoms with Crippen molar-refractivity contribution in [3.8, 4) is 0 Å². The third kappa shape index (κ3) is 5.43. The van der Waals surface area contributed by atoms with Crippen molar-refractivity contribution in [1.29, 1.82) is 0 Å². The standard InChI is InChI=1S/C24H39BN2O7SSi/c1-10-19-20(25-33-23(3,4)24(5,6)34-25)18-13-17(35(30,31)16(2)22(28)29)14-26-21(18)27(19)15-32-11-12-36(7,8)9/h13-14,16H,10-12,15H2,1-9H3,(H,28,29). The van der Waals surface area contributed by atoms with Gasteiger partial charge in [0.25, 0.3) is 0 Å². The molecule has 9 nitrogen and oxygen atoms in total. The predicted octanol–water partition coefficient (Wildman–Crippen LogP) is 3.46. The van der Waals surface area contributed by atoms with Crippen LogP contribution in [-0.4, -0.2) is 67.3 Å². The summed E-state index contributed by atoms with van der Waals surface area (Å²) in [6, 6.07) is 2.51. The third-order valence-electron chi connectivity index (χ3n) is 7.21. The fourth-order valence-electron chi connectivity index (χ4n) is 4.05. The summed E-state index contributed by atoms with van der Waals surface area (Å²) < 4.78 is 46.7. The van der Waals surface area contributed by atoms with Crippen LogP contribution in [0.15, 0.2) is 17.2 Å². The number of carbonyl (C=O) groups is 1. The van der Waals surface area contributed by atoms with Crippen molar-refractivity contribution < 1.29 is 32.4 Å². The molecule has 3 heterocycles. The minimum Gasteiger partial charge on any atom is -0.480 e. The number of hydrogen-bond acceptors (Lipinski definition) is 7. The number of aliphatic carboxylic acids is 1. The summed E-state index contributed by atoms with van der Waals surface area (Å²) in [5.74, 6) is -1.41. The summed E-state index contributed by atoms with van der Waals surface area (Å²) in [7, 11) is -6.16. The normalized spacial score (nSPS) is 18.6. The number of rotatable bonds is 10. The molecule has 2 aromatic heterocycles. The van der Waals surface area contributed by atoms with Crippen molar-refractivity contribution in [3.05, 3.63) is 18.0 Å². The summed E-state index contributed by atoms with van der Waals surface area (Å²) >= 11 is 0. The van der Waals surface area contributed by atoms with Gasteiger partial charge in [-0.3, -0.25) is 4.79 Å². The van der Waals surface area contributed by atoms with Crippen LogP contribution in [0.4, 0.5) is 0 Å². The first kappa shape index (κ1) is 28.8. The molecule has 1 unspecified atom stereocenters. The SMILES string of the molecule is CCc1c(B2OC(C)(C)C(C)(C)O2)c2cc(S(=O)(=O)C(C)C(=O)O)cnc2n1COCC[Si](C)(C)C. The van der Waals surface area contributed by atoms with Gasteiger partial charge in [0.15, 0.2) is 15.1 Å². The molecule has 3 rings (SSSR count). The van der Waals surface area contributed by atoms with Crippen LogP contribution in [0, 0.1) is 0 Å². The van der Waals surface area contributed by atoms with Gasteiger partial charge in [-0.05, 0) is 53.1 Å². The van der Waals surface area contributed by atoms with Gasteiger partial charge in [-0.15, -0.1) is 0 Å². The molecule has 1 aliphatic heterocycles. The van der Waals surface area contributed by atoms with Crippen molar-refractivity contribution in [3.63, 3.8) is 0 Å². The first-order chi connectivity index (χ1) is 16.4. The molecule has 0 amide bonds. The minimum atomic E-state index is -4.14. The predicted molar refractivity (Wildman–Crippen MR) is 143 cm³/mol. The zero-order chi connectivity index (χ0) is 27.3. The Morgan fingerprint density at radius 1 is 1.22 bits per heavy atom. The molecule has 12 heteroatoms. The van der Waals surface area contributed by atoms with Gasteiger partial charge >= 0.3 is 13.1 Å². The van der Waals surface area contributed by atoms with Crippen molar-refractivity contribution in [2.75, 3.05) is 6.61 Å². The lowest BCUT2D eigenvalue weighted by Gasteiger charge is -2.32. The molecule has 1 atom stereocenters. The number of carboxylic acid groups (broad SMARTS) is 1. The molecule has 1 saturated heterocycles. The first-order valence-corrected chi connectivity index (χ1v) is 17.6. The number of carboxylic acids is 1. The van der Waals surface area contributed by atoms with Crippen molar-refractivity contribution in [1.82, 2.24) is 9.55 Å². The minimum absolute atomic E-state index is 0.151. The molecule has 1 N–H and O–H groups in total. The number of pyridine rings is 1. The average Bonchev–Trinajstić information content (AvgIpc) is 3.18. The molecule has 36 heavy (non-hydrogen) atoms. The van der Waals surface area contributed by atoms with Crippen LogP contribution in [0.1, 0.15) is 47.2 Å². The van der Waals surface area contributed by atoms with Gasteiger partial charge in [0.2, 0.25) is 0 Å². The zero-order valence-corrected chi connectivity index (χ0v) is 24.7. The maximum Gasteiger partial charge on any atom is 0.497 e. The van der Waals surface area contributed by atoms with E-state index in [4.69, 9.17) is 14.0 Å². The molecule has 1 aliphatic rings. The number of sulfone groups is 1. The highest BCUT2D eigenvalue weighted by Gasteiger charge is 2.53. The number of aromatic nitrogens is 2. The molecule has 0 saturated carbocycles. The fraction of sp³-hybridized carbons (Fsp3) is 0.667. The Bertz CT molecular complexity index is 1240. The van der Waals surface area contributed by atoms with Crippen LogP contribution >= 0.6 is 0 Å². The van der Waals surface area contributed by atoms with E-state index in [1.165, 1.54) is 12.3 Å². The maximum absolute atomic E-state index is 13.0. The van der Waals surface area contributed by atoms with Gasteiger partial charge < -0.3 is 23.7 Å². The van der Waals surface area contributed by atoms with Crippen LogP contribution in [0.2, 0.25) is 25.7 Å². The van der Waals surface area contributed by atoms with E-state index in [9.17, 15) is 18.3 Å². The molecule has 0 radical (unpaired) electrons. The van der Waals surface area contributed by atoms with Gasteiger partial charge in [-0.25, -0.2) is 13.4 Å². The molecule has 0 aliphatic carbocycles. The van der Waals surface area contributed by atoms with E-state index in [1.54, 1.807) is 0 Å². The quantitative estimate of drug-likeness (QED) is 0.361. The highest BCUT2D eigenvalue weighted by molar-refractivity contribution is 7.92. The number of nitrogens with zero attached hydrogens (tertiary/aromatic N) is 2. The number of hydrogen-bond donors (Lipinski definition) is 1. The summed E-state index contributed by atoms with van der Waals surface area (Å²) in [6.07, 6.45) is 1.84. The van der Waals surface area contributed by atoms with Crippen LogP contribution in [-0.2, 0) is 41.8 Å².